The zero-order chi connectivity index (χ0) is 14.1. The number of nitrogens with two attached hydrogens (primary N) is 1. The molecule has 0 unspecified atom stereocenters. The van der Waals surface area contributed by atoms with Gasteiger partial charge in [-0.15, -0.1) is 0 Å². The molecule has 6 heteroatoms. The van der Waals surface area contributed by atoms with Crippen LogP contribution in [0.4, 0.5) is 0 Å². The lowest BCUT2D eigenvalue weighted by atomic mass is 10.2. The Kier molecular flexibility index (Phi) is 2.66. The molecule has 3 heterocycles. The van der Waals surface area contributed by atoms with Gasteiger partial charge in [-0.1, -0.05) is 0 Å². The Labute approximate surface area is 114 Å². The van der Waals surface area contributed by atoms with Gasteiger partial charge in [0, 0.05) is 6.20 Å². The zero-order valence-corrected chi connectivity index (χ0v) is 10.3. The highest BCUT2D eigenvalue weighted by molar-refractivity contribution is 5.92. The summed E-state index contributed by atoms with van der Waals surface area (Å²) in [6.45, 7) is 0. The van der Waals surface area contributed by atoms with Gasteiger partial charge < -0.3 is 5.73 Å². The van der Waals surface area contributed by atoms with Crippen molar-refractivity contribution in [1.29, 1.82) is 5.26 Å². The second-order valence-corrected chi connectivity index (χ2v) is 4.21. The molecule has 0 fully saturated rings. The molecule has 3 aromatic rings. The standard InChI is InChI=1S/C14H9N5O/c15-6-9-5-11-2-4-13(19(11)18-7-9)12-3-1-10(8-17-12)14(16)20/h1-5,7-8H,(H2,16,20). The highest BCUT2D eigenvalue weighted by Crippen LogP contribution is 2.20. The lowest BCUT2D eigenvalue weighted by Gasteiger charge is -2.02. The van der Waals surface area contributed by atoms with Crippen molar-refractivity contribution in [2.45, 2.75) is 0 Å². The second kappa shape index (κ2) is 4.48. The molecule has 0 saturated carbocycles. The van der Waals surface area contributed by atoms with Crippen LogP contribution in [0.1, 0.15) is 15.9 Å². The summed E-state index contributed by atoms with van der Waals surface area (Å²) < 4.78 is 1.69. The average Bonchev–Trinajstić information content (AvgIpc) is 2.90. The third-order valence-corrected chi connectivity index (χ3v) is 2.94. The molecule has 1 amide bonds. The maximum Gasteiger partial charge on any atom is 0.250 e. The molecule has 0 bridgehead atoms. The van der Waals surface area contributed by atoms with Gasteiger partial charge in [0.1, 0.15) is 6.07 Å². The van der Waals surface area contributed by atoms with Crippen molar-refractivity contribution >= 4 is 11.4 Å². The molecule has 0 aromatic carbocycles. The van der Waals surface area contributed by atoms with Crippen LogP contribution in [0.2, 0.25) is 0 Å². The summed E-state index contributed by atoms with van der Waals surface area (Å²) in [6.07, 6.45) is 2.93. The summed E-state index contributed by atoms with van der Waals surface area (Å²) in [5.41, 5.74) is 8.29. The van der Waals surface area contributed by atoms with Crippen LogP contribution < -0.4 is 5.73 Å². The summed E-state index contributed by atoms with van der Waals surface area (Å²) in [6, 6.07) is 10.8. The Morgan fingerprint density at radius 1 is 1.25 bits per heavy atom. The van der Waals surface area contributed by atoms with Crippen LogP contribution in [0, 0.1) is 11.3 Å². The van der Waals surface area contributed by atoms with Crippen LogP contribution in [0.15, 0.2) is 42.7 Å². The van der Waals surface area contributed by atoms with Crippen molar-refractivity contribution in [3.63, 3.8) is 0 Å². The molecule has 96 valence electrons. The predicted molar refractivity (Wildman–Crippen MR) is 71.7 cm³/mol. The van der Waals surface area contributed by atoms with Gasteiger partial charge in [-0.3, -0.25) is 9.78 Å². The number of amides is 1. The second-order valence-electron chi connectivity index (χ2n) is 4.21. The number of primary amides is 1. The van der Waals surface area contributed by atoms with Gasteiger partial charge in [0.05, 0.1) is 34.2 Å². The number of hydrogen-bond acceptors (Lipinski definition) is 4. The first-order valence-corrected chi connectivity index (χ1v) is 5.83. The van der Waals surface area contributed by atoms with Gasteiger partial charge in [0.2, 0.25) is 5.91 Å². The first-order valence-electron chi connectivity index (χ1n) is 5.83. The first kappa shape index (κ1) is 11.9. The number of carbonyl (C=O) groups excluding carboxylic acids is 1. The normalized spacial score (nSPS) is 10.3. The summed E-state index contributed by atoms with van der Waals surface area (Å²) in [5, 5.41) is 13.1. The number of aromatic nitrogens is 3. The minimum atomic E-state index is -0.513. The Balaban J connectivity index is 2.10. The van der Waals surface area contributed by atoms with Crippen LogP contribution in [0.25, 0.3) is 16.9 Å². The van der Waals surface area contributed by atoms with Crippen molar-refractivity contribution in [2.75, 3.05) is 0 Å². The van der Waals surface area contributed by atoms with E-state index >= 15 is 0 Å². The van der Waals surface area contributed by atoms with E-state index in [1.54, 1.807) is 22.7 Å². The van der Waals surface area contributed by atoms with Crippen LogP contribution >= 0.6 is 0 Å². The monoisotopic (exact) mass is 263 g/mol. The fourth-order valence-corrected chi connectivity index (χ4v) is 1.95. The van der Waals surface area contributed by atoms with Crippen molar-refractivity contribution in [3.8, 4) is 17.5 Å². The topological polar surface area (TPSA) is 97.1 Å². The van der Waals surface area contributed by atoms with Crippen LogP contribution in [0.3, 0.4) is 0 Å². The van der Waals surface area contributed by atoms with E-state index in [-0.39, 0.29) is 0 Å². The Hall–Kier alpha value is -3.20. The van der Waals surface area contributed by atoms with Crippen molar-refractivity contribution in [2.24, 2.45) is 5.73 Å². The lowest BCUT2D eigenvalue weighted by molar-refractivity contribution is 0.1000. The molecule has 0 saturated heterocycles. The van der Waals surface area contributed by atoms with Gasteiger partial charge >= 0.3 is 0 Å². The number of pyridine rings is 1. The van der Waals surface area contributed by atoms with Crippen molar-refractivity contribution in [3.05, 3.63) is 53.9 Å². The quantitative estimate of drug-likeness (QED) is 0.754. The number of fused-ring (bicyclic) bond motifs is 1. The molecule has 0 aliphatic heterocycles. The van der Waals surface area contributed by atoms with Gasteiger partial charge in [0.25, 0.3) is 0 Å². The highest BCUT2D eigenvalue weighted by atomic mass is 16.1. The van der Waals surface area contributed by atoms with E-state index in [1.807, 2.05) is 18.2 Å². The van der Waals surface area contributed by atoms with E-state index in [9.17, 15) is 4.79 Å². The molecule has 0 radical (unpaired) electrons. The largest absolute Gasteiger partial charge is 0.366 e. The van der Waals surface area contributed by atoms with E-state index in [1.165, 1.54) is 12.4 Å². The average molecular weight is 263 g/mol. The molecule has 0 atom stereocenters. The minimum Gasteiger partial charge on any atom is -0.366 e. The molecule has 3 rings (SSSR count). The Morgan fingerprint density at radius 3 is 2.75 bits per heavy atom. The van der Waals surface area contributed by atoms with Gasteiger partial charge in [-0.2, -0.15) is 10.4 Å². The maximum absolute atomic E-state index is 11.0. The van der Waals surface area contributed by atoms with Gasteiger partial charge in [-0.25, -0.2) is 4.52 Å². The summed E-state index contributed by atoms with van der Waals surface area (Å²) in [7, 11) is 0. The number of hydrogen-bond donors (Lipinski definition) is 1. The SMILES string of the molecule is N#Cc1cnn2c(-c3ccc(C(N)=O)cn3)ccc2c1. The molecule has 20 heavy (non-hydrogen) atoms. The van der Waals surface area contributed by atoms with Crippen molar-refractivity contribution in [1.82, 2.24) is 14.6 Å². The Morgan fingerprint density at radius 2 is 2.10 bits per heavy atom. The van der Waals surface area contributed by atoms with E-state index in [4.69, 9.17) is 11.0 Å². The Bertz CT molecular complexity index is 842. The fraction of sp³-hybridized carbons (Fsp3) is 0. The van der Waals surface area contributed by atoms with E-state index in [0.29, 0.717) is 16.8 Å². The smallest absolute Gasteiger partial charge is 0.250 e. The van der Waals surface area contributed by atoms with Crippen LogP contribution in [0.5, 0.6) is 0 Å². The zero-order valence-electron chi connectivity index (χ0n) is 10.3. The van der Waals surface area contributed by atoms with E-state index < -0.39 is 5.91 Å². The van der Waals surface area contributed by atoms with E-state index in [2.05, 4.69) is 10.1 Å². The number of carbonyl (C=O) groups is 1. The third kappa shape index (κ3) is 1.87. The summed E-state index contributed by atoms with van der Waals surface area (Å²) in [4.78, 5) is 15.2. The number of nitriles is 1. The number of nitrogens with zero attached hydrogens (tertiary/aromatic N) is 4. The van der Waals surface area contributed by atoms with Gasteiger partial charge in [0.15, 0.2) is 0 Å². The highest BCUT2D eigenvalue weighted by Gasteiger charge is 2.08. The van der Waals surface area contributed by atoms with E-state index in [0.717, 1.165) is 11.2 Å². The molecular weight excluding hydrogens is 254 g/mol. The third-order valence-electron chi connectivity index (χ3n) is 2.94. The minimum absolute atomic E-state index is 0.356. The molecule has 2 N–H and O–H groups in total. The first-order chi connectivity index (χ1) is 9.69. The predicted octanol–water partition coefficient (Wildman–Crippen LogP) is 1.37. The lowest BCUT2D eigenvalue weighted by Crippen LogP contribution is -2.11. The van der Waals surface area contributed by atoms with Gasteiger partial charge in [-0.05, 0) is 30.3 Å². The molecule has 0 aliphatic rings. The van der Waals surface area contributed by atoms with Crippen LogP contribution in [-0.2, 0) is 0 Å². The summed E-state index contributed by atoms with van der Waals surface area (Å²) >= 11 is 0. The fourth-order valence-electron chi connectivity index (χ4n) is 1.95. The number of rotatable bonds is 2. The summed E-state index contributed by atoms with van der Waals surface area (Å²) in [5.74, 6) is -0.513. The molecular formula is C14H9N5O. The molecule has 0 spiro atoms. The maximum atomic E-state index is 11.0. The molecule has 0 aliphatic carbocycles. The molecule has 3 aromatic heterocycles. The molecule has 6 nitrogen and oxygen atoms in total. The van der Waals surface area contributed by atoms with Crippen molar-refractivity contribution < 1.29 is 4.79 Å². The van der Waals surface area contributed by atoms with Crippen LogP contribution in [-0.4, -0.2) is 20.5 Å².